The Morgan fingerprint density at radius 3 is 2.81 bits per heavy atom. The SMILES string of the molecule is CCOC(=O)C1=C(C)NC2=C(C(=O)C[C@@H](c3cccs3)C2)[C@@H]1c1ccsc1. The lowest BCUT2D eigenvalue weighted by Gasteiger charge is -2.36. The lowest BCUT2D eigenvalue weighted by Crippen LogP contribution is -2.35. The number of esters is 1. The number of ketones is 1. The Hall–Kier alpha value is -2.18. The van der Waals surface area contributed by atoms with E-state index in [4.69, 9.17) is 4.74 Å². The van der Waals surface area contributed by atoms with E-state index >= 15 is 0 Å². The first-order valence-corrected chi connectivity index (χ1v) is 10.9. The summed E-state index contributed by atoms with van der Waals surface area (Å²) in [6, 6.07) is 6.12. The summed E-state index contributed by atoms with van der Waals surface area (Å²) in [6.07, 6.45) is 1.27. The van der Waals surface area contributed by atoms with E-state index in [-0.39, 0.29) is 23.6 Å². The molecule has 27 heavy (non-hydrogen) atoms. The third kappa shape index (κ3) is 3.28. The molecule has 2 atom stereocenters. The van der Waals surface area contributed by atoms with Crippen molar-refractivity contribution in [1.29, 1.82) is 0 Å². The summed E-state index contributed by atoms with van der Waals surface area (Å²) in [5.41, 5.74) is 4.00. The monoisotopic (exact) mass is 399 g/mol. The predicted molar refractivity (Wildman–Crippen MR) is 108 cm³/mol. The molecule has 140 valence electrons. The molecule has 6 heteroatoms. The van der Waals surface area contributed by atoms with Gasteiger partial charge in [0.05, 0.1) is 12.2 Å². The van der Waals surface area contributed by atoms with Crippen LogP contribution in [0, 0.1) is 0 Å². The summed E-state index contributed by atoms with van der Waals surface area (Å²) in [4.78, 5) is 27.1. The van der Waals surface area contributed by atoms with Gasteiger partial charge in [0.2, 0.25) is 0 Å². The molecular weight excluding hydrogens is 378 g/mol. The predicted octanol–water partition coefficient (Wildman–Crippen LogP) is 4.73. The molecule has 0 saturated carbocycles. The quantitative estimate of drug-likeness (QED) is 0.755. The van der Waals surface area contributed by atoms with Gasteiger partial charge in [-0.05, 0) is 54.1 Å². The zero-order valence-electron chi connectivity index (χ0n) is 15.3. The molecule has 1 aliphatic carbocycles. The van der Waals surface area contributed by atoms with Gasteiger partial charge in [-0.1, -0.05) is 6.07 Å². The minimum absolute atomic E-state index is 0.118. The Labute approximate surface area is 166 Å². The van der Waals surface area contributed by atoms with E-state index in [0.29, 0.717) is 18.6 Å². The molecule has 1 aliphatic heterocycles. The standard InChI is InChI=1S/C21H21NO3S2/c1-3-25-21(24)18-12(2)22-15-9-14(17-5-4-7-27-17)10-16(23)20(15)19(18)13-6-8-26-11-13/h4-8,11,14,19,22H,3,9-10H2,1-2H3/t14-,19+/m0/s1. The Morgan fingerprint density at radius 2 is 2.15 bits per heavy atom. The van der Waals surface area contributed by atoms with Crippen LogP contribution >= 0.6 is 22.7 Å². The molecule has 0 bridgehead atoms. The molecule has 2 aromatic heterocycles. The number of thiophene rings is 2. The highest BCUT2D eigenvalue weighted by Gasteiger charge is 2.41. The number of allylic oxidation sites excluding steroid dienone is 3. The normalized spacial score (nSPS) is 22.5. The minimum atomic E-state index is -0.349. The zero-order valence-corrected chi connectivity index (χ0v) is 16.9. The van der Waals surface area contributed by atoms with Gasteiger partial charge >= 0.3 is 5.97 Å². The zero-order chi connectivity index (χ0) is 19.0. The van der Waals surface area contributed by atoms with Crippen LogP contribution in [-0.4, -0.2) is 18.4 Å². The number of hydrogen-bond donors (Lipinski definition) is 1. The van der Waals surface area contributed by atoms with E-state index in [1.807, 2.05) is 29.8 Å². The van der Waals surface area contributed by atoms with Crippen molar-refractivity contribution >= 4 is 34.4 Å². The van der Waals surface area contributed by atoms with E-state index in [9.17, 15) is 9.59 Å². The lowest BCUT2D eigenvalue weighted by atomic mass is 9.73. The lowest BCUT2D eigenvalue weighted by molar-refractivity contribution is -0.138. The highest BCUT2D eigenvalue weighted by atomic mass is 32.1. The van der Waals surface area contributed by atoms with Gasteiger partial charge < -0.3 is 10.1 Å². The molecule has 2 aliphatic rings. The van der Waals surface area contributed by atoms with Gasteiger partial charge in [-0.15, -0.1) is 11.3 Å². The maximum Gasteiger partial charge on any atom is 0.336 e. The maximum absolute atomic E-state index is 13.2. The van der Waals surface area contributed by atoms with Gasteiger partial charge in [-0.3, -0.25) is 4.79 Å². The van der Waals surface area contributed by atoms with E-state index in [2.05, 4.69) is 16.8 Å². The van der Waals surface area contributed by atoms with Gasteiger partial charge in [0.25, 0.3) is 0 Å². The third-order valence-electron chi connectivity index (χ3n) is 5.15. The summed E-state index contributed by atoms with van der Waals surface area (Å²) < 4.78 is 5.31. The molecular formula is C21H21NO3S2. The highest BCUT2D eigenvalue weighted by molar-refractivity contribution is 7.10. The molecule has 0 spiro atoms. The third-order valence-corrected chi connectivity index (χ3v) is 6.88. The van der Waals surface area contributed by atoms with Crippen molar-refractivity contribution in [3.8, 4) is 0 Å². The molecule has 4 rings (SSSR count). The maximum atomic E-state index is 13.2. The van der Waals surface area contributed by atoms with Crippen LogP contribution in [0.15, 0.2) is 56.9 Å². The molecule has 0 fully saturated rings. The number of Topliss-reactive ketones (excluding diaryl/α,β-unsaturated/α-hetero) is 1. The Balaban J connectivity index is 1.78. The fourth-order valence-corrected chi connectivity index (χ4v) is 5.53. The molecule has 0 aromatic carbocycles. The summed E-state index contributed by atoms with van der Waals surface area (Å²) in [7, 11) is 0. The van der Waals surface area contributed by atoms with Crippen molar-refractivity contribution in [2.75, 3.05) is 6.61 Å². The molecule has 0 radical (unpaired) electrons. The Kier molecular flexibility index (Phi) is 5.02. The molecule has 3 heterocycles. The summed E-state index contributed by atoms with van der Waals surface area (Å²) >= 11 is 3.27. The Morgan fingerprint density at radius 1 is 1.30 bits per heavy atom. The van der Waals surface area contributed by atoms with Crippen LogP contribution in [-0.2, 0) is 14.3 Å². The first-order chi connectivity index (χ1) is 13.1. The number of ether oxygens (including phenoxy) is 1. The fourth-order valence-electron chi connectivity index (χ4n) is 4.02. The second-order valence-electron chi connectivity index (χ2n) is 6.81. The van der Waals surface area contributed by atoms with Gasteiger partial charge in [0.1, 0.15) is 0 Å². The number of rotatable bonds is 4. The number of hydrogen-bond acceptors (Lipinski definition) is 6. The van der Waals surface area contributed by atoms with E-state index < -0.39 is 0 Å². The van der Waals surface area contributed by atoms with Gasteiger partial charge in [-0.25, -0.2) is 4.79 Å². The van der Waals surface area contributed by atoms with Crippen LogP contribution in [0.3, 0.4) is 0 Å². The second kappa shape index (κ2) is 7.44. The van der Waals surface area contributed by atoms with Crippen LogP contribution < -0.4 is 5.32 Å². The van der Waals surface area contributed by atoms with Crippen molar-refractivity contribution < 1.29 is 14.3 Å². The average molecular weight is 400 g/mol. The van der Waals surface area contributed by atoms with Crippen LogP contribution in [0.2, 0.25) is 0 Å². The molecule has 0 unspecified atom stereocenters. The number of nitrogens with one attached hydrogen (secondary N) is 1. The van der Waals surface area contributed by atoms with Crippen molar-refractivity contribution in [3.05, 3.63) is 67.3 Å². The van der Waals surface area contributed by atoms with Crippen LogP contribution in [0.5, 0.6) is 0 Å². The minimum Gasteiger partial charge on any atom is -0.463 e. The first-order valence-electron chi connectivity index (χ1n) is 9.06. The summed E-state index contributed by atoms with van der Waals surface area (Å²) in [5.74, 6) is -0.377. The summed E-state index contributed by atoms with van der Waals surface area (Å²) in [5, 5.41) is 9.42. The number of carbonyl (C=O) groups excluding carboxylic acids is 2. The van der Waals surface area contributed by atoms with Crippen molar-refractivity contribution in [3.63, 3.8) is 0 Å². The largest absolute Gasteiger partial charge is 0.463 e. The van der Waals surface area contributed by atoms with Crippen molar-refractivity contribution in [2.45, 2.75) is 38.5 Å². The first kappa shape index (κ1) is 18.2. The van der Waals surface area contributed by atoms with Crippen LogP contribution in [0.4, 0.5) is 0 Å². The molecule has 4 nitrogen and oxygen atoms in total. The molecule has 2 aromatic rings. The van der Waals surface area contributed by atoms with Gasteiger partial charge in [0.15, 0.2) is 5.78 Å². The van der Waals surface area contributed by atoms with Crippen LogP contribution in [0.1, 0.15) is 49.0 Å². The van der Waals surface area contributed by atoms with E-state index in [1.165, 1.54) is 4.88 Å². The smallest absolute Gasteiger partial charge is 0.336 e. The van der Waals surface area contributed by atoms with Crippen molar-refractivity contribution in [1.82, 2.24) is 5.32 Å². The fraction of sp³-hybridized carbons (Fsp3) is 0.333. The average Bonchev–Trinajstić information content (AvgIpc) is 3.34. The van der Waals surface area contributed by atoms with Crippen LogP contribution in [0.25, 0.3) is 0 Å². The second-order valence-corrected chi connectivity index (χ2v) is 8.57. The molecule has 1 N–H and O–H groups in total. The number of carbonyl (C=O) groups is 2. The van der Waals surface area contributed by atoms with E-state index in [1.54, 1.807) is 29.6 Å². The number of dihydropyridines is 1. The van der Waals surface area contributed by atoms with E-state index in [0.717, 1.165) is 29.0 Å². The topological polar surface area (TPSA) is 55.4 Å². The van der Waals surface area contributed by atoms with Gasteiger partial charge in [0, 0.05) is 40.1 Å². The molecule has 0 saturated heterocycles. The molecule has 0 amide bonds. The summed E-state index contributed by atoms with van der Waals surface area (Å²) in [6.45, 7) is 4.01. The highest BCUT2D eigenvalue weighted by Crippen LogP contribution is 2.46. The Bertz CT molecular complexity index is 923. The van der Waals surface area contributed by atoms with Gasteiger partial charge in [-0.2, -0.15) is 11.3 Å². The van der Waals surface area contributed by atoms with Crippen molar-refractivity contribution in [2.24, 2.45) is 0 Å².